The molecule has 1 saturated heterocycles. The number of carbonyl (C=O) groups is 1. The summed E-state index contributed by atoms with van der Waals surface area (Å²) in [7, 11) is 0. The van der Waals surface area contributed by atoms with E-state index in [1.54, 1.807) is 4.90 Å². The molecule has 158 valence electrons. The van der Waals surface area contributed by atoms with Crippen molar-refractivity contribution < 1.29 is 13.9 Å². The molecular formula is C24H23N3O3S. The highest BCUT2D eigenvalue weighted by Crippen LogP contribution is 2.30. The number of oxazole rings is 1. The number of thiazole rings is 1. The van der Waals surface area contributed by atoms with Crippen LogP contribution in [0.5, 0.6) is 0 Å². The summed E-state index contributed by atoms with van der Waals surface area (Å²) in [6.45, 7) is 3.10. The lowest BCUT2D eigenvalue weighted by Crippen LogP contribution is -2.38. The minimum absolute atomic E-state index is 0.0363. The molecule has 2 aromatic heterocycles. The van der Waals surface area contributed by atoms with Gasteiger partial charge in [-0.25, -0.2) is 9.97 Å². The van der Waals surface area contributed by atoms with E-state index in [0.29, 0.717) is 29.0 Å². The van der Waals surface area contributed by atoms with Crippen LogP contribution in [0.25, 0.3) is 21.7 Å². The molecular weight excluding hydrogens is 410 g/mol. The molecule has 1 amide bonds. The Hall–Kier alpha value is -3.03. The Kier molecular flexibility index (Phi) is 5.53. The lowest BCUT2D eigenvalue weighted by Gasteiger charge is -2.22. The van der Waals surface area contributed by atoms with Gasteiger partial charge in [-0.15, -0.1) is 0 Å². The molecule has 3 heterocycles. The molecule has 1 atom stereocenters. The monoisotopic (exact) mass is 433 g/mol. The van der Waals surface area contributed by atoms with Gasteiger partial charge in [0.05, 0.1) is 35.0 Å². The third-order valence-electron chi connectivity index (χ3n) is 5.46. The van der Waals surface area contributed by atoms with E-state index >= 15 is 0 Å². The van der Waals surface area contributed by atoms with Crippen LogP contribution in [-0.4, -0.2) is 35.1 Å². The first-order chi connectivity index (χ1) is 15.2. The molecule has 2 aromatic carbocycles. The summed E-state index contributed by atoms with van der Waals surface area (Å²) in [5.74, 6) is 1.14. The topological polar surface area (TPSA) is 68.5 Å². The standard InChI is InChI=1S/C24H23N3O3S/c1-16-20(25-23(30-16)17-8-3-2-4-9-17)14-22(28)27(15-18-10-7-13-29-18)24-26-19-11-5-6-12-21(19)31-24/h2-6,8-9,11-12,18H,7,10,13-15H2,1H3/t18-/m0/s1. The summed E-state index contributed by atoms with van der Waals surface area (Å²) in [5.41, 5.74) is 2.45. The van der Waals surface area contributed by atoms with E-state index in [0.717, 1.165) is 35.2 Å². The summed E-state index contributed by atoms with van der Waals surface area (Å²) in [5, 5.41) is 0.700. The summed E-state index contributed by atoms with van der Waals surface area (Å²) in [6, 6.07) is 17.7. The number of aromatic nitrogens is 2. The van der Waals surface area contributed by atoms with Crippen molar-refractivity contribution in [3.63, 3.8) is 0 Å². The van der Waals surface area contributed by atoms with Gasteiger partial charge in [0, 0.05) is 12.2 Å². The van der Waals surface area contributed by atoms with E-state index in [1.807, 2.05) is 61.5 Å². The number of fused-ring (bicyclic) bond motifs is 1. The molecule has 0 unspecified atom stereocenters. The highest BCUT2D eigenvalue weighted by atomic mass is 32.1. The second-order valence-electron chi connectivity index (χ2n) is 7.67. The summed E-state index contributed by atoms with van der Waals surface area (Å²) in [6.07, 6.45) is 2.17. The molecule has 5 rings (SSSR count). The van der Waals surface area contributed by atoms with Crippen molar-refractivity contribution in [1.29, 1.82) is 0 Å². The first-order valence-corrected chi connectivity index (χ1v) is 11.3. The maximum Gasteiger partial charge on any atom is 0.235 e. The summed E-state index contributed by atoms with van der Waals surface area (Å²) in [4.78, 5) is 24.5. The first-order valence-electron chi connectivity index (χ1n) is 10.5. The highest BCUT2D eigenvalue weighted by molar-refractivity contribution is 7.22. The van der Waals surface area contributed by atoms with Crippen molar-refractivity contribution in [2.24, 2.45) is 0 Å². The Labute approximate surface area is 184 Å². The van der Waals surface area contributed by atoms with E-state index < -0.39 is 0 Å². The second-order valence-corrected chi connectivity index (χ2v) is 8.68. The minimum atomic E-state index is -0.0504. The number of aryl methyl sites for hydroxylation is 1. The zero-order chi connectivity index (χ0) is 21.2. The predicted molar refractivity (Wildman–Crippen MR) is 121 cm³/mol. The van der Waals surface area contributed by atoms with Crippen LogP contribution in [0.1, 0.15) is 24.3 Å². The largest absolute Gasteiger partial charge is 0.441 e. The molecule has 0 radical (unpaired) electrons. The first kappa shape index (κ1) is 19.9. The number of amides is 1. The maximum absolute atomic E-state index is 13.4. The Morgan fingerprint density at radius 2 is 1.94 bits per heavy atom. The van der Waals surface area contributed by atoms with Gasteiger partial charge in [0.2, 0.25) is 11.8 Å². The molecule has 1 aliphatic rings. The quantitative estimate of drug-likeness (QED) is 0.427. The van der Waals surface area contributed by atoms with Gasteiger partial charge in [-0.05, 0) is 44.0 Å². The molecule has 0 bridgehead atoms. The number of para-hydroxylation sites is 1. The fourth-order valence-electron chi connectivity index (χ4n) is 3.79. The Balaban J connectivity index is 1.42. The van der Waals surface area contributed by atoms with Gasteiger partial charge in [-0.2, -0.15) is 0 Å². The van der Waals surface area contributed by atoms with E-state index in [1.165, 1.54) is 11.3 Å². The van der Waals surface area contributed by atoms with Gasteiger partial charge >= 0.3 is 0 Å². The molecule has 6 nitrogen and oxygen atoms in total. The van der Waals surface area contributed by atoms with Crippen LogP contribution in [0.3, 0.4) is 0 Å². The fourth-order valence-corrected chi connectivity index (χ4v) is 4.78. The van der Waals surface area contributed by atoms with Gasteiger partial charge in [0.15, 0.2) is 5.13 Å². The molecule has 4 aromatic rings. The number of anilines is 1. The Morgan fingerprint density at radius 3 is 2.71 bits per heavy atom. The van der Waals surface area contributed by atoms with Gasteiger partial charge < -0.3 is 9.15 Å². The number of benzene rings is 2. The molecule has 1 aliphatic heterocycles. The zero-order valence-electron chi connectivity index (χ0n) is 17.3. The number of hydrogen-bond donors (Lipinski definition) is 0. The van der Waals surface area contributed by atoms with Crippen LogP contribution in [0.15, 0.2) is 59.0 Å². The van der Waals surface area contributed by atoms with Crippen molar-refractivity contribution in [2.45, 2.75) is 32.3 Å². The van der Waals surface area contributed by atoms with Crippen LogP contribution in [0, 0.1) is 6.92 Å². The van der Waals surface area contributed by atoms with Crippen molar-refractivity contribution in [3.8, 4) is 11.5 Å². The van der Waals surface area contributed by atoms with E-state index in [9.17, 15) is 4.79 Å². The predicted octanol–water partition coefficient (Wildman–Crippen LogP) is 5.01. The molecule has 0 N–H and O–H groups in total. The second kappa shape index (κ2) is 8.61. The van der Waals surface area contributed by atoms with Gasteiger partial charge in [0.25, 0.3) is 0 Å². The summed E-state index contributed by atoms with van der Waals surface area (Å²) >= 11 is 1.53. The highest BCUT2D eigenvalue weighted by Gasteiger charge is 2.27. The minimum Gasteiger partial charge on any atom is -0.441 e. The maximum atomic E-state index is 13.4. The normalized spacial score (nSPS) is 16.1. The van der Waals surface area contributed by atoms with Gasteiger partial charge in [-0.1, -0.05) is 41.7 Å². The Morgan fingerprint density at radius 1 is 1.13 bits per heavy atom. The molecule has 0 aliphatic carbocycles. The van der Waals surface area contributed by atoms with E-state index in [-0.39, 0.29) is 18.4 Å². The number of rotatable bonds is 6. The van der Waals surface area contributed by atoms with Crippen molar-refractivity contribution in [3.05, 3.63) is 66.1 Å². The van der Waals surface area contributed by atoms with E-state index in [4.69, 9.17) is 14.1 Å². The molecule has 31 heavy (non-hydrogen) atoms. The van der Waals surface area contributed by atoms with Gasteiger partial charge in [-0.3, -0.25) is 9.69 Å². The van der Waals surface area contributed by atoms with Crippen LogP contribution in [0.2, 0.25) is 0 Å². The van der Waals surface area contributed by atoms with Gasteiger partial charge in [0.1, 0.15) is 5.76 Å². The Bertz CT molecular complexity index is 1160. The van der Waals surface area contributed by atoms with Crippen molar-refractivity contribution in [2.75, 3.05) is 18.1 Å². The lowest BCUT2D eigenvalue weighted by atomic mass is 10.2. The van der Waals surface area contributed by atoms with Crippen molar-refractivity contribution >= 4 is 32.6 Å². The average Bonchev–Trinajstić information content (AvgIpc) is 3.53. The summed E-state index contributed by atoms with van der Waals surface area (Å²) < 4.78 is 12.7. The zero-order valence-corrected chi connectivity index (χ0v) is 18.1. The molecule has 1 fully saturated rings. The number of ether oxygens (including phenoxy) is 1. The number of hydrogen-bond acceptors (Lipinski definition) is 6. The fraction of sp³-hybridized carbons (Fsp3) is 0.292. The number of nitrogens with zero attached hydrogens (tertiary/aromatic N) is 3. The molecule has 0 saturated carbocycles. The van der Waals surface area contributed by atoms with Crippen LogP contribution in [-0.2, 0) is 16.0 Å². The van der Waals surface area contributed by atoms with Crippen LogP contribution < -0.4 is 4.90 Å². The lowest BCUT2D eigenvalue weighted by molar-refractivity contribution is -0.118. The smallest absolute Gasteiger partial charge is 0.235 e. The van der Waals surface area contributed by atoms with Crippen LogP contribution >= 0.6 is 11.3 Å². The SMILES string of the molecule is Cc1oc(-c2ccccc2)nc1CC(=O)N(C[C@@H]1CCCO1)c1nc2ccccc2s1. The third kappa shape index (κ3) is 4.24. The average molecular weight is 434 g/mol. The van der Waals surface area contributed by atoms with E-state index in [2.05, 4.69) is 4.98 Å². The van der Waals surface area contributed by atoms with Crippen molar-refractivity contribution in [1.82, 2.24) is 9.97 Å². The van der Waals surface area contributed by atoms with Crippen LogP contribution in [0.4, 0.5) is 5.13 Å². The molecule has 7 heteroatoms. The number of carbonyl (C=O) groups excluding carboxylic acids is 1. The molecule has 0 spiro atoms. The third-order valence-corrected chi connectivity index (χ3v) is 6.52.